The highest BCUT2D eigenvalue weighted by atomic mass is 35.5. The van der Waals surface area contributed by atoms with E-state index in [2.05, 4.69) is 24.1 Å². The lowest BCUT2D eigenvalue weighted by atomic mass is 9.91. The molecule has 0 bridgehead atoms. The van der Waals surface area contributed by atoms with E-state index in [-0.39, 0.29) is 49.0 Å². The van der Waals surface area contributed by atoms with Crippen LogP contribution in [0.2, 0.25) is 0 Å². The van der Waals surface area contributed by atoms with Crippen molar-refractivity contribution in [3.05, 3.63) is 29.6 Å². The number of methoxy groups -OCH3 is 1. The predicted molar refractivity (Wildman–Crippen MR) is 97.4 cm³/mol. The third-order valence-corrected chi connectivity index (χ3v) is 4.60. The normalized spacial score (nSPS) is 20.4. The number of nitrogens with zero attached hydrogens (tertiary/aromatic N) is 1. The van der Waals surface area contributed by atoms with Crippen LogP contribution in [-0.2, 0) is 11.3 Å². The van der Waals surface area contributed by atoms with Crippen molar-refractivity contribution in [3.8, 4) is 5.75 Å². The number of ether oxygens (including phenoxy) is 1. The second-order valence-corrected chi connectivity index (χ2v) is 6.72. The Morgan fingerprint density at radius 3 is 2.76 bits per heavy atom. The molecule has 1 saturated heterocycles. The van der Waals surface area contributed by atoms with Crippen LogP contribution in [0.1, 0.15) is 25.8 Å². The molecule has 1 fully saturated rings. The third-order valence-electron chi connectivity index (χ3n) is 4.60. The number of likely N-dealkylation sites (tertiary alicyclic amines) is 1. The molecule has 1 aromatic carbocycles. The maximum Gasteiger partial charge on any atom is 0.222 e. The summed E-state index contributed by atoms with van der Waals surface area (Å²) in [6, 6.07) is 4.98. The van der Waals surface area contributed by atoms with Gasteiger partial charge < -0.3 is 15.2 Å². The fraction of sp³-hybridized carbons (Fsp3) is 0.611. The molecule has 0 spiro atoms. The SMILES string of the molecule is COc1cc(CN2C[C@H](NC(=O)CCO)[C@@H](C(C)C)C2)ccc1F.Cl. The summed E-state index contributed by atoms with van der Waals surface area (Å²) in [5.41, 5.74) is 0.984. The number of hydrogen-bond donors (Lipinski definition) is 2. The van der Waals surface area contributed by atoms with Crippen LogP contribution >= 0.6 is 12.4 Å². The first kappa shape index (κ1) is 21.7. The number of carbonyl (C=O) groups is 1. The summed E-state index contributed by atoms with van der Waals surface area (Å²) in [6.45, 7) is 6.48. The quantitative estimate of drug-likeness (QED) is 0.768. The maximum absolute atomic E-state index is 13.5. The summed E-state index contributed by atoms with van der Waals surface area (Å²) in [7, 11) is 1.46. The topological polar surface area (TPSA) is 61.8 Å². The zero-order chi connectivity index (χ0) is 17.7. The zero-order valence-corrected chi connectivity index (χ0v) is 15.8. The Balaban J connectivity index is 0.00000312. The molecule has 0 aromatic heterocycles. The van der Waals surface area contributed by atoms with Crippen molar-refractivity contribution >= 4 is 18.3 Å². The fourth-order valence-electron chi connectivity index (χ4n) is 3.31. The van der Waals surface area contributed by atoms with Gasteiger partial charge in [-0.1, -0.05) is 19.9 Å². The number of halogens is 2. The highest BCUT2D eigenvalue weighted by Crippen LogP contribution is 2.27. The fourth-order valence-corrected chi connectivity index (χ4v) is 3.31. The monoisotopic (exact) mass is 374 g/mol. The first-order chi connectivity index (χ1) is 11.4. The minimum absolute atomic E-state index is 0. The highest BCUT2D eigenvalue weighted by Gasteiger charge is 2.35. The Bertz CT molecular complexity index is 571. The lowest BCUT2D eigenvalue weighted by molar-refractivity contribution is -0.122. The van der Waals surface area contributed by atoms with Gasteiger partial charge in [0, 0.05) is 32.1 Å². The molecule has 0 saturated carbocycles. The van der Waals surface area contributed by atoms with Crippen molar-refractivity contribution in [2.24, 2.45) is 11.8 Å². The van der Waals surface area contributed by atoms with Crippen LogP contribution in [-0.4, -0.2) is 48.8 Å². The van der Waals surface area contributed by atoms with Crippen LogP contribution in [0.4, 0.5) is 4.39 Å². The first-order valence-corrected chi connectivity index (χ1v) is 8.39. The number of aliphatic hydroxyl groups is 1. The van der Waals surface area contributed by atoms with Crippen LogP contribution in [0.15, 0.2) is 18.2 Å². The van der Waals surface area contributed by atoms with Gasteiger partial charge in [-0.15, -0.1) is 12.4 Å². The lowest BCUT2D eigenvalue weighted by Crippen LogP contribution is -2.42. The van der Waals surface area contributed by atoms with Crippen molar-refractivity contribution in [3.63, 3.8) is 0 Å². The Kier molecular flexibility index (Phi) is 8.62. The van der Waals surface area contributed by atoms with Crippen molar-refractivity contribution in [2.45, 2.75) is 32.9 Å². The van der Waals surface area contributed by atoms with Crippen molar-refractivity contribution in [1.29, 1.82) is 0 Å². The molecule has 2 rings (SSSR count). The maximum atomic E-state index is 13.5. The molecule has 2 N–H and O–H groups in total. The molecule has 5 nitrogen and oxygen atoms in total. The van der Waals surface area contributed by atoms with E-state index >= 15 is 0 Å². The number of amides is 1. The summed E-state index contributed by atoms with van der Waals surface area (Å²) >= 11 is 0. The molecule has 7 heteroatoms. The minimum Gasteiger partial charge on any atom is -0.494 e. The highest BCUT2D eigenvalue weighted by molar-refractivity contribution is 5.85. The molecule has 25 heavy (non-hydrogen) atoms. The smallest absolute Gasteiger partial charge is 0.222 e. The van der Waals surface area contributed by atoms with Crippen LogP contribution in [0.5, 0.6) is 5.75 Å². The molecule has 1 amide bonds. The molecular weight excluding hydrogens is 347 g/mol. The Labute approximate surface area is 155 Å². The van der Waals surface area contributed by atoms with Crippen LogP contribution in [0.3, 0.4) is 0 Å². The molecule has 1 aromatic rings. The van der Waals surface area contributed by atoms with Gasteiger partial charge in [-0.25, -0.2) is 4.39 Å². The van der Waals surface area contributed by atoms with Crippen LogP contribution in [0.25, 0.3) is 0 Å². The average Bonchev–Trinajstić information content (AvgIpc) is 2.92. The molecule has 0 radical (unpaired) electrons. The summed E-state index contributed by atoms with van der Waals surface area (Å²) in [4.78, 5) is 14.1. The van der Waals surface area contributed by atoms with Gasteiger partial charge in [0.05, 0.1) is 13.7 Å². The number of benzene rings is 1. The van der Waals surface area contributed by atoms with E-state index in [9.17, 15) is 9.18 Å². The summed E-state index contributed by atoms with van der Waals surface area (Å²) in [5, 5.41) is 11.9. The molecule has 1 aliphatic heterocycles. The molecular formula is C18H28ClFN2O3. The van der Waals surface area contributed by atoms with Crippen molar-refractivity contribution in [1.82, 2.24) is 10.2 Å². The number of rotatable bonds is 7. The number of hydrogen-bond acceptors (Lipinski definition) is 4. The Morgan fingerprint density at radius 2 is 2.16 bits per heavy atom. The van der Waals surface area contributed by atoms with Gasteiger partial charge in [-0.2, -0.15) is 0 Å². The zero-order valence-electron chi connectivity index (χ0n) is 15.0. The summed E-state index contributed by atoms with van der Waals surface area (Å²) in [5.74, 6) is 0.572. The van der Waals surface area contributed by atoms with Gasteiger partial charge in [0.15, 0.2) is 11.6 Å². The molecule has 1 aliphatic rings. The second kappa shape index (κ2) is 9.94. The van der Waals surface area contributed by atoms with Gasteiger partial charge in [-0.05, 0) is 29.5 Å². The minimum atomic E-state index is -0.364. The number of nitrogens with one attached hydrogen (secondary N) is 1. The molecule has 142 valence electrons. The summed E-state index contributed by atoms with van der Waals surface area (Å²) in [6.07, 6.45) is 0.135. The van der Waals surface area contributed by atoms with Gasteiger partial charge >= 0.3 is 0 Å². The van der Waals surface area contributed by atoms with Gasteiger partial charge in [-0.3, -0.25) is 9.69 Å². The van der Waals surface area contributed by atoms with Crippen molar-refractivity contribution < 1.29 is 19.0 Å². The standard InChI is InChI=1S/C18H27FN2O3.ClH/c1-12(2)14-10-21(11-16(14)20-18(23)6-7-22)9-13-4-5-15(19)17(8-13)24-3;/h4-5,8,12,14,16,22H,6-7,9-11H2,1-3H3,(H,20,23);1H/t14-,16+;/m1./s1. The van der Waals surface area contributed by atoms with E-state index in [1.165, 1.54) is 13.2 Å². The van der Waals surface area contributed by atoms with Crippen molar-refractivity contribution in [2.75, 3.05) is 26.8 Å². The second-order valence-electron chi connectivity index (χ2n) is 6.72. The van der Waals surface area contributed by atoms with Crippen LogP contribution in [0, 0.1) is 17.7 Å². The molecule has 2 atom stereocenters. The third kappa shape index (κ3) is 5.83. The van der Waals surface area contributed by atoms with E-state index in [1.807, 2.05) is 0 Å². The average molecular weight is 375 g/mol. The van der Waals surface area contributed by atoms with E-state index < -0.39 is 0 Å². The lowest BCUT2D eigenvalue weighted by Gasteiger charge is -2.22. The predicted octanol–water partition coefficient (Wildman–Crippen LogP) is 2.21. The van der Waals surface area contributed by atoms with E-state index in [0.29, 0.717) is 18.4 Å². The Morgan fingerprint density at radius 1 is 1.44 bits per heavy atom. The Hall–Kier alpha value is -1.37. The van der Waals surface area contributed by atoms with Gasteiger partial charge in [0.25, 0.3) is 0 Å². The molecule has 0 aliphatic carbocycles. The van der Waals surface area contributed by atoms with Crippen LogP contribution < -0.4 is 10.1 Å². The van der Waals surface area contributed by atoms with E-state index in [4.69, 9.17) is 9.84 Å². The van der Waals surface area contributed by atoms with Gasteiger partial charge in [0.2, 0.25) is 5.91 Å². The molecule has 0 unspecified atom stereocenters. The summed E-state index contributed by atoms with van der Waals surface area (Å²) < 4.78 is 18.6. The van der Waals surface area contributed by atoms with E-state index in [0.717, 1.165) is 18.7 Å². The largest absolute Gasteiger partial charge is 0.494 e. The number of aliphatic hydroxyl groups excluding tert-OH is 1. The van der Waals surface area contributed by atoms with E-state index in [1.54, 1.807) is 12.1 Å². The molecule has 1 heterocycles. The van der Waals surface area contributed by atoms with Gasteiger partial charge in [0.1, 0.15) is 0 Å². The first-order valence-electron chi connectivity index (χ1n) is 8.39. The number of carbonyl (C=O) groups excluding carboxylic acids is 1.